The fourth-order valence-electron chi connectivity index (χ4n) is 2.67. The van der Waals surface area contributed by atoms with Gasteiger partial charge in [0.1, 0.15) is 5.82 Å². The molecule has 1 aromatic heterocycles. The highest BCUT2D eigenvalue weighted by Gasteiger charge is 2.13. The van der Waals surface area contributed by atoms with Gasteiger partial charge < -0.3 is 15.2 Å². The quantitative estimate of drug-likeness (QED) is 0.880. The van der Waals surface area contributed by atoms with Gasteiger partial charge in [-0.15, -0.1) is 0 Å². The van der Waals surface area contributed by atoms with E-state index >= 15 is 0 Å². The van der Waals surface area contributed by atoms with E-state index in [-0.39, 0.29) is 0 Å². The molecular formula is C15H20N4. The number of fused-ring (bicyclic) bond motifs is 1. The molecule has 1 aliphatic heterocycles. The zero-order chi connectivity index (χ0) is 13.1. The maximum absolute atomic E-state index is 4.20. The molecule has 0 saturated carbocycles. The van der Waals surface area contributed by atoms with Crippen LogP contribution in [-0.4, -0.2) is 23.6 Å². The Balaban J connectivity index is 1.62. The molecule has 1 aromatic carbocycles. The predicted octanol–water partition coefficient (Wildman–Crippen LogP) is 2.08. The lowest BCUT2D eigenvalue weighted by molar-refractivity contribution is 0.666. The monoisotopic (exact) mass is 256 g/mol. The van der Waals surface area contributed by atoms with Crippen LogP contribution in [0, 0.1) is 0 Å². The molecule has 1 aliphatic rings. The van der Waals surface area contributed by atoms with Crippen molar-refractivity contribution in [3.63, 3.8) is 0 Å². The second kappa shape index (κ2) is 5.45. The van der Waals surface area contributed by atoms with E-state index in [2.05, 4.69) is 45.4 Å². The van der Waals surface area contributed by atoms with E-state index in [4.69, 9.17) is 0 Å². The standard InChI is InChI=1S/C15H20N4/c1-19-8-2-3-13-9-12(4-5-14(13)19)10-16-11-15-17-6-7-18-15/h4-7,9,16H,2-3,8,10-11H2,1H3,(H,17,18). The maximum atomic E-state index is 4.20. The van der Waals surface area contributed by atoms with Gasteiger partial charge in [0, 0.05) is 38.2 Å². The molecule has 0 spiro atoms. The van der Waals surface area contributed by atoms with Gasteiger partial charge in [-0.3, -0.25) is 0 Å². The summed E-state index contributed by atoms with van der Waals surface area (Å²) in [4.78, 5) is 9.65. The highest BCUT2D eigenvalue weighted by molar-refractivity contribution is 5.56. The Morgan fingerprint density at radius 1 is 1.37 bits per heavy atom. The molecule has 0 atom stereocenters. The van der Waals surface area contributed by atoms with Crippen LogP contribution in [0.25, 0.3) is 0 Å². The summed E-state index contributed by atoms with van der Waals surface area (Å²) in [5, 5.41) is 3.41. The van der Waals surface area contributed by atoms with Crippen LogP contribution < -0.4 is 10.2 Å². The average Bonchev–Trinajstić information content (AvgIpc) is 2.92. The molecule has 0 bridgehead atoms. The molecule has 2 N–H and O–H groups in total. The van der Waals surface area contributed by atoms with Crippen molar-refractivity contribution in [3.05, 3.63) is 47.5 Å². The molecule has 3 rings (SSSR count). The Morgan fingerprint density at radius 2 is 2.32 bits per heavy atom. The molecule has 2 heterocycles. The summed E-state index contributed by atoms with van der Waals surface area (Å²) in [6.07, 6.45) is 6.09. The fourth-order valence-corrected chi connectivity index (χ4v) is 2.67. The number of H-pyrrole nitrogens is 1. The van der Waals surface area contributed by atoms with Crippen molar-refractivity contribution < 1.29 is 0 Å². The Hall–Kier alpha value is -1.81. The molecular weight excluding hydrogens is 236 g/mol. The third-order valence-corrected chi connectivity index (χ3v) is 3.67. The second-order valence-electron chi connectivity index (χ2n) is 5.13. The first-order chi connectivity index (χ1) is 9.33. The summed E-state index contributed by atoms with van der Waals surface area (Å²) in [5.41, 5.74) is 4.22. The number of hydrogen-bond acceptors (Lipinski definition) is 3. The van der Waals surface area contributed by atoms with E-state index in [0.29, 0.717) is 0 Å². The molecule has 0 amide bonds. The van der Waals surface area contributed by atoms with Crippen LogP contribution in [0.3, 0.4) is 0 Å². The van der Waals surface area contributed by atoms with Crippen molar-refractivity contribution in [1.82, 2.24) is 15.3 Å². The van der Waals surface area contributed by atoms with Gasteiger partial charge >= 0.3 is 0 Å². The summed E-state index contributed by atoms with van der Waals surface area (Å²) in [5.74, 6) is 0.984. The number of anilines is 1. The molecule has 19 heavy (non-hydrogen) atoms. The summed E-state index contributed by atoms with van der Waals surface area (Å²) >= 11 is 0. The first-order valence-corrected chi connectivity index (χ1v) is 6.85. The van der Waals surface area contributed by atoms with Crippen molar-refractivity contribution in [3.8, 4) is 0 Å². The minimum Gasteiger partial charge on any atom is -0.374 e. The first kappa shape index (κ1) is 12.2. The van der Waals surface area contributed by atoms with E-state index < -0.39 is 0 Å². The predicted molar refractivity (Wildman–Crippen MR) is 77.2 cm³/mol. The van der Waals surface area contributed by atoms with Crippen LogP contribution in [0.15, 0.2) is 30.6 Å². The van der Waals surface area contributed by atoms with Gasteiger partial charge in [-0.1, -0.05) is 12.1 Å². The number of aromatic nitrogens is 2. The number of hydrogen-bond donors (Lipinski definition) is 2. The van der Waals surface area contributed by atoms with Gasteiger partial charge in [0.2, 0.25) is 0 Å². The topological polar surface area (TPSA) is 44.0 Å². The van der Waals surface area contributed by atoms with E-state index in [0.717, 1.165) is 18.9 Å². The molecule has 0 fully saturated rings. The first-order valence-electron chi connectivity index (χ1n) is 6.85. The van der Waals surface area contributed by atoms with Crippen LogP contribution in [0.1, 0.15) is 23.4 Å². The second-order valence-corrected chi connectivity index (χ2v) is 5.13. The highest BCUT2D eigenvalue weighted by Crippen LogP contribution is 2.26. The number of nitrogens with zero attached hydrogens (tertiary/aromatic N) is 2. The number of nitrogens with one attached hydrogen (secondary N) is 2. The smallest absolute Gasteiger partial charge is 0.120 e. The molecule has 4 heteroatoms. The van der Waals surface area contributed by atoms with Gasteiger partial charge in [-0.05, 0) is 30.0 Å². The van der Waals surface area contributed by atoms with Gasteiger partial charge in [-0.2, -0.15) is 0 Å². The SMILES string of the molecule is CN1CCCc2cc(CNCc3ncc[nH]3)ccc21. The summed E-state index contributed by atoms with van der Waals surface area (Å²) in [6.45, 7) is 2.84. The van der Waals surface area contributed by atoms with E-state index in [9.17, 15) is 0 Å². The minimum absolute atomic E-state index is 0.782. The van der Waals surface area contributed by atoms with E-state index in [1.807, 2.05) is 6.20 Å². The lowest BCUT2D eigenvalue weighted by atomic mass is 9.99. The van der Waals surface area contributed by atoms with Crippen molar-refractivity contribution >= 4 is 5.69 Å². The van der Waals surface area contributed by atoms with Crippen LogP contribution in [-0.2, 0) is 19.5 Å². The van der Waals surface area contributed by atoms with Crippen LogP contribution in [0.4, 0.5) is 5.69 Å². The fraction of sp³-hybridized carbons (Fsp3) is 0.400. The van der Waals surface area contributed by atoms with Crippen LogP contribution in [0.5, 0.6) is 0 Å². The number of benzene rings is 1. The third kappa shape index (κ3) is 2.79. The summed E-state index contributed by atoms with van der Waals surface area (Å²) in [6, 6.07) is 6.80. The van der Waals surface area contributed by atoms with Crippen LogP contribution in [0.2, 0.25) is 0 Å². The largest absolute Gasteiger partial charge is 0.374 e. The van der Waals surface area contributed by atoms with Gasteiger partial charge in [0.25, 0.3) is 0 Å². The van der Waals surface area contributed by atoms with Crippen molar-refractivity contribution in [2.45, 2.75) is 25.9 Å². The lowest BCUT2D eigenvalue weighted by Gasteiger charge is -2.27. The van der Waals surface area contributed by atoms with Crippen LogP contribution >= 0.6 is 0 Å². The van der Waals surface area contributed by atoms with Crippen molar-refractivity contribution in [2.24, 2.45) is 0 Å². The summed E-state index contributed by atoms with van der Waals surface area (Å²) < 4.78 is 0. The Labute approximate surface area is 113 Å². The lowest BCUT2D eigenvalue weighted by Crippen LogP contribution is -2.24. The molecule has 0 saturated heterocycles. The highest BCUT2D eigenvalue weighted by atomic mass is 15.1. The van der Waals surface area contributed by atoms with Crippen molar-refractivity contribution in [2.75, 3.05) is 18.5 Å². The molecule has 0 unspecified atom stereocenters. The zero-order valence-electron chi connectivity index (χ0n) is 11.3. The normalized spacial score (nSPS) is 14.5. The molecule has 2 aromatic rings. The Bertz CT molecular complexity index is 533. The Kier molecular flexibility index (Phi) is 3.51. The van der Waals surface area contributed by atoms with Gasteiger partial charge in [-0.25, -0.2) is 4.98 Å². The molecule has 4 nitrogen and oxygen atoms in total. The number of imidazole rings is 1. The van der Waals surface area contributed by atoms with Gasteiger partial charge in [0.05, 0.1) is 6.54 Å². The van der Waals surface area contributed by atoms with Gasteiger partial charge in [0.15, 0.2) is 0 Å². The number of rotatable bonds is 4. The minimum atomic E-state index is 0.782. The number of aromatic amines is 1. The van der Waals surface area contributed by atoms with Crippen molar-refractivity contribution in [1.29, 1.82) is 0 Å². The molecule has 0 aliphatic carbocycles. The third-order valence-electron chi connectivity index (χ3n) is 3.67. The van der Waals surface area contributed by atoms with E-state index in [1.165, 1.54) is 36.2 Å². The Morgan fingerprint density at radius 3 is 3.16 bits per heavy atom. The average molecular weight is 256 g/mol. The zero-order valence-corrected chi connectivity index (χ0v) is 11.3. The number of aryl methyl sites for hydroxylation is 1. The molecule has 100 valence electrons. The maximum Gasteiger partial charge on any atom is 0.120 e. The van der Waals surface area contributed by atoms with E-state index in [1.54, 1.807) is 6.20 Å². The molecule has 0 radical (unpaired) electrons. The summed E-state index contributed by atoms with van der Waals surface area (Å²) in [7, 11) is 2.17.